The van der Waals surface area contributed by atoms with Crippen LogP contribution < -0.4 is 5.73 Å². The molecule has 80 valence electrons. The molecule has 0 aliphatic heterocycles. The topological polar surface area (TPSA) is 74.2 Å². The number of ether oxygens (including phenoxy) is 1. The predicted molar refractivity (Wildman–Crippen MR) is 51.7 cm³/mol. The van der Waals surface area contributed by atoms with Crippen molar-refractivity contribution in [1.82, 2.24) is 10.2 Å². The van der Waals surface area contributed by atoms with Crippen LogP contribution in [0.25, 0.3) is 0 Å². The van der Waals surface area contributed by atoms with E-state index in [-0.39, 0.29) is 6.04 Å². The SMILES string of the molecule is CCCOCCc1nnc(C(C)N)o1. The minimum Gasteiger partial charge on any atom is -0.424 e. The molecule has 1 atom stereocenters. The molecule has 5 heteroatoms. The van der Waals surface area contributed by atoms with Gasteiger partial charge in [-0.05, 0) is 13.3 Å². The van der Waals surface area contributed by atoms with Crippen molar-refractivity contribution in [2.45, 2.75) is 32.7 Å². The Balaban J connectivity index is 2.29. The Morgan fingerprint density at radius 2 is 2.21 bits per heavy atom. The Labute approximate surface area is 83.6 Å². The van der Waals surface area contributed by atoms with Gasteiger partial charge >= 0.3 is 0 Å². The summed E-state index contributed by atoms with van der Waals surface area (Å²) in [5, 5.41) is 7.68. The number of nitrogens with zero attached hydrogens (tertiary/aromatic N) is 2. The Morgan fingerprint density at radius 1 is 1.43 bits per heavy atom. The van der Waals surface area contributed by atoms with Crippen LogP contribution in [0.1, 0.15) is 38.1 Å². The molecule has 2 N–H and O–H groups in total. The van der Waals surface area contributed by atoms with Gasteiger partial charge in [0.15, 0.2) is 0 Å². The average molecular weight is 199 g/mol. The molecule has 0 amide bonds. The second kappa shape index (κ2) is 5.72. The summed E-state index contributed by atoms with van der Waals surface area (Å²) < 4.78 is 10.6. The maximum Gasteiger partial charge on any atom is 0.232 e. The fraction of sp³-hybridized carbons (Fsp3) is 0.778. The normalized spacial score (nSPS) is 13.1. The second-order valence-electron chi connectivity index (χ2n) is 3.19. The van der Waals surface area contributed by atoms with E-state index < -0.39 is 0 Å². The zero-order valence-electron chi connectivity index (χ0n) is 8.69. The van der Waals surface area contributed by atoms with Gasteiger partial charge in [-0.2, -0.15) is 0 Å². The first-order valence-corrected chi connectivity index (χ1v) is 4.89. The second-order valence-corrected chi connectivity index (χ2v) is 3.19. The van der Waals surface area contributed by atoms with Crippen molar-refractivity contribution in [3.63, 3.8) is 0 Å². The van der Waals surface area contributed by atoms with Crippen molar-refractivity contribution in [2.24, 2.45) is 5.73 Å². The first-order valence-electron chi connectivity index (χ1n) is 4.89. The molecule has 0 bridgehead atoms. The lowest BCUT2D eigenvalue weighted by atomic mass is 10.4. The monoisotopic (exact) mass is 199 g/mol. The van der Waals surface area contributed by atoms with Crippen molar-refractivity contribution in [2.75, 3.05) is 13.2 Å². The van der Waals surface area contributed by atoms with Crippen LogP contribution in [0.3, 0.4) is 0 Å². The first kappa shape index (κ1) is 11.1. The highest BCUT2D eigenvalue weighted by molar-refractivity contribution is 4.86. The smallest absolute Gasteiger partial charge is 0.232 e. The van der Waals surface area contributed by atoms with Crippen molar-refractivity contribution in [3.8, 4) is 0 Å². The summed E-state index contributed by atoms with van der Waals surface area (Å²) in [6.07, 6.45) is 1.68. The van der Waals surface area contributed by atoms with E-state index in [9.17, 15) is 0 Å². The quantitative estimate of drug-likeness (QED) is 0.693. The zero-order valence-corrected chi connectivity index (χ0v) is 8.69. The van der Waals surface area contributed by atoms with E-state index in [4.69, 9.17) is 14.9 Å². The van der Waals surface area contributed by atoms with E-state index in [1.54, 1.807) is 0 Å². The van der Waals surface area contributed by atoms with E-state index >= 15 is 0 Å². The third-order valence-electron chi connectivity index (χ3n) is 1.68. The molecule has 1 aromatic rings. The molecular formula is C9H17N3O2. The number of rotatable bonds is 6. The zero-order chi connectivity index (χ0) is 10.4. The van der Waals surface area contributed by atoms with Crippen molar-refractivity contribution in [3.05, 3.63) is 11.8 Å². The molecule has 0 spiro atoms. The molecule has 1 unspecified atom stereocenters. The summed E-state index contributed by atoms with van der Waals surface area (Å²) in [5.74, 6) is 1.07. The fourth-order valence-corrected chi connectivity index (χ4v) is 0.958. The Hall–Kier alpha value is -0.940. The van der Waals surface area contributed by atoms with Crippen LogP contribution in [0.5, 0.6) is 0 Å². The Bertz CT molecular complexity index is 260. The minimum atomic E-state index is -0.201. The van der Waals surface area contributed by atoms with Crippen LogP contribution in [0.15, 0.2) is 4.42 Å². The molecule has 5 nitrogen and oxygen atoms in total. The summed E-state index contributed by atoms with van der Waals surface area (Å²) in [6, 6.07) is -0.201. The predicted octanol–water partition coefficient (Wildman–Crippen LogP) is 1.06. The van der Waals surface area contributed by atoms with Crippen LogP contribution in [0.4, 0.5) is 0 Å². The maximum absolute atomic E-state index is 5.58. The third kappa shape index (κ3) is 3.43. The summed E-state index contributed by atoms with van der Waals surface area (Å²) in [6.45, 7) is 5.27. The van der Waals surface area contributed by atoms with Crippen LogP contribution in [0.2, 0.25) is 0 Å². The number of nitrogens with two attached hydrogens (primary N) is 1. The molecule has 1 aromatic heterocycles. The van der Waals surface area contributed by atoms with Gasteiger partial charge in [-0.1, -0.05) is 6.92 Å². The van der Waals surface area contributed by atoms with Crippen molar-refractivity contribution in [1.29, 1.82) is 0 Å². The van der Waals surface area contributed by atoms with Crippen molar-refractivity contribution < 1.29 is 9.15 Å². The first-order chi connectivity index (χ1) is 6.74. The van der Waals surface area contributed by atoms with Gasteiger partial charge in [0.2, 0.25) is 11.8 Å². The van der Waals surface area contributed by atoms with Gasteiger partial charge in [0.25, 0.3) is 0 Å². The summed E-state index contributed by atoms with van der Waals surface area (Å²) in [7, 11) is 0. The lowest BCUT2D eigenvalue weighted by molar-refractivity contribution is 0.133. The summed E-state index contributed by atoms with van der Waals surface area (Å²) in [4.78, 5) is 0. The lowest BCUT2D eigenvalue weighted by Crippen LogP contribution is -2.04. The van der Waals surface area contributed by atoms with Crippen LogP contribution in [-0.4, -0.2) is 23.4 Å². The summed E-state index contributed by atoms with van der Waals surface area (Å²) >= 11 is 0. The molecular weight excluding hydrogens is 182 g/mol. The molecule has 0 radical (unpaired) electrons. The molecule has 0 saturated carbocycles. The van der Waals surface area contributed by atoms with Crippen molar-refractivity contribution >= 4 is 0 Å². The molecule has 0 aliphatic carbocycles. The van der Waals surface area contributed by atoms with E-state index in [1.165, 1.54) is 0 Å². The highest BCUT2D eigenvalue weighted by Gasteiger charge is 2.08. The van der Waals surface area contributed by atoms with Gasteiger partial charge in [-0.3, -0.25) is 0 Å². The fourth-order valence-electron chi connectivity index (χ4n) is 0.958. The third-order valence-corrected chi connectivity index (χ3v) is 1.68. The van der Waals surface area contributed by atoms with E-state index in [1.807, 2.05) is 6.92 Å². The standard InChI is InChI=1S/C9H17N3O2/c1-3-5-13-6-4-8-11-12-9(14-8)7(2)10/h7H,3-6,10H2,1-2H3. The maximum atomic E-state index is 5.58. The molecule has 14 heavy (non-hydrogen) atoms. The van der Waals surface area contributed by atoms with Crippen LogP contribution in [-0.2, 0) is 11.2 Å². The highest BCUT2D eigenvalue weighted by atomic mass is 16.5. The molecule has 0 saturated heterocycles. The molecule has 0 aliphatic rings. The van der Waals surface area contributed by atoms with Gasteiger partial charge < -0.3 is 14.9 Å². The van der Waals surface area contributed by atoms with Gasteiger partial charge in [0.1, 0.15) is 0 Å². The Morgan fingerprint density at radius 3 is 2.79 bits per heavy atom. The number of aromatic nitrogens is 2. The van der Waals surface area contributed by atoms with Crippen LogP contribution >= 0.6 is 0 Å². The van der Waals surface area contributed by atoms with Gasteiger partial charge in [-0.15, -0.1) is 10.2 Å². The minimum absolute atomic E-state index is 0.201. The molecule has 0 aromatic carbocycles. The lowest BCUT2D eigenvalue weighted by Gasteiger charge is -1.98. The molecule has 0 fully saturated rings. The van der Waals surface area contributed by atoms with E-state index in [2.05, 4.69) is 17.1 Å². The summed E-state index contributed by atoms with van der Waals surface area (Å²) in [5.41, 5.74) is 5.58. The highest BCUT2D eigenvalue weighted by Crippen LogP contribution is 2.07. The largest absolute Gasteiger partial charge is 0.424 e. The van der Waals surface area contributed by atoms with E-state index in [0.717, 1.165) is 13.0 Å². The van der Waals surface area contributed by atoms with Crippen LogP contribution in [0, 0.1) is 0 Å². The molecule has 1 rings (SSSR count). The van der Waals surface area contributed by atoms with Gasteiger partial charge in [0, 0.05) is 13.0 Å². The Kier molecular flexibility index (Phi) is 4.55. The number of hydrogen-bond donors (Lipinski definition) is 1. The molecule has 1 heterocycles. The van der Waals surface area contributed by atoms with Gasteiger partial charge in [0.05, 0.1) is 12.6 Å². The average Bonchev–Trinajstić information content (AvgIpc) is 2.61. The number of hydrogen-bond acceptors (Lipinski definition) is 5. The van der Waals surface area contributed by atoms with E-state index in [0.29, 0.717) is 24.8 Å². The van der Waals surface area contributed by atoms with Gasteiger partial charge in [-0.25, -0.2) is 0 Å².